The molecule has 18 heavy (non-hydrogen) atoms. The topological polar surface area (TPSA) is 0 Å². The lowest BCUT2D eigenvalue weighted by atomic mass is 9.68. The van der Waals surface area contributed by atoms with Crippen molar-refractivity contribution in [3.63, 3.8) is 0 Å². The van der Waals surface area contributed by atoms with Crippen molar-refractivity contribution in [3.05, 3.63) is 0 Å². The van der Waals surface area contributed by atoms with Crippen molar-refractivity contribution < 1.29 is 0 Å². The number of halogens is 2. The maximum Gasteiger partial charge on any atom is 0.237 e. The fourth-order valence-corrected chi connectivity index (χ4v) is 8.79. The highest BCUT2D eigenvalue weighted by atomic mass is 35.7. The maximum absolute atomic E-state index is 6.25. The normalized spacial score (nSPS) is 53.8. The number of hydrogen-bond donors (Lipinski definition) is 0. The van der Waals surface area contributed by atoms with Gasteiger partial charge in [0.1, 0.15) is 0 Å². The van der Waals surface area contributed by atoms with E-state index in [9.17, 15) is 0 Å². The van der Waals surface area contributed by atoms with E-state index in [0.29, 0.717) is 0 Å². The van der Waals surface area contributed by atoms with Gasteiger partial charge in [-0.1, -0.05) is 6.42 Å². The fourth-order valence-electron chi connectivity index (χ4n) is 6.44. The average Bonchev–Trinajstić information content (AvgIpc) is 3.07. The first-order chi connectivity index (χ1) is 8.72. The van der Waals surface area contributed by atoms with Gasteiger partial charge in [0, 0.05) is 0 Å². The highest BCUT2D eigenvalue weighted by Gasteiger charge is 2.54. The number of fused-ring (bicyclic) bond motifs is 4. The summed E-state index contributed by atoms with van der Waals surface area (Å²) < 4.78 is 0. The Kier molecular flexibility index (Phi) is 3.25. The highest BCUT2D eigenvalue weighted by molar-refractivity contribution is 7.33. The minimum atomic E-state index is -1.41. The molecule has 4 fully saturated rings. The van der Waals surface area contributed by atoms with Crippen molar-refractivity contribution in [2.75, 3.05) is 0 Å². The molecular weight excluding hydrogens is 279 g/mol. The second-order valence-electron chi connectivity index (χ2n) is 7.54. The van der Waals surface area contributed by atoms with Crippen LogP contribution in [0.25, 0.3) is 0 Å². The summed E-state index contributed by atoms with van der Waals surface area (Å²) in [5.41, 5.74) is 0. The van der Waals surface area contributed by atoms with E-state index in [1.807, 2.05) is 0 Å². The van der Waals surface area contributed by atoms with Crippen LogP contribution in [-0.2, 0) is 0 Å². The molecule has 0 heterocycles. The van der Waals surface area contributed by atoms with Crippen molar-refractivity contribution in [1.82, 2.24) is 0 Å². The summed E-state index contributed by atoms with van der Waals surface area (Å²) in [5, 5.41) is 0. The number of hydrogen-bond acceptors (Lipinski definition) is 0. The van der Waals surface area contributed by atoms with Crippen LogP contribution in [0.2, 0.25) is 6.04 Å². The number of rotatable bonds is 3. The van der Waals surface area contributed by atoms with Crippen LogP contribution in [0.1, 0.15) is 44.9 Å². The molecule has 0 aromatic rings. The molecule has 4 aliphatic carbocycles. The van der Waals surface area contributed by atoms with E-state index in [1.165, 1.54) is 31.7 Å². The van der Waals surface area contributed by atoms with Gasteiger partial charge in [-0.2, -0.15) is 22.2 Å². The summed E-state index contributed by atoms with van der Waals surface area (Å²) >= 11 is 12.5. The molecular formula is C15H24Cl2Si. The predicted molar refractivity (Wildman–Crippen MR) is 80.4 cm³/mol. The van der Waals surface area contributed by atoms with Gasteiger partial charge in [0.05, 0.1) is 0 Å². The lowest BCUT2D eigenvalue weighted by Gasteiger charge is -2.39. The third-order valence-corrected chi connectivity index (χ3v) is 8.87. The van der Waals surface area contributed by atoms with E-state index in [1.54, 1.807) is 19.3 Å². The minimum Gasteiger partial charge on any atom is -0.150 e. The minimum absolute atomic E-state index is 0.930. The second kappa shape index (κ2) is 4.67. The second-order valence-corrected chi connectivity index (χ2v) is 12.6. The van der Waals surface area contributed by atoms with Gasteiger partial charge in [-0.05, 0) is 86.0 Å². The maximum atomic E-state index is 6.25. The molecule has 4 rings (SSSR count). The first-order valence-corrected chi connectivity index (χ1v) is 12.3. The molecule has 4 saturated carbocycles. The van der Waals surface area contributed by atoms with Crippen molar-refractivity contribution >= 4 is 29.6 Å². The van der Waals surface area contributed by atoms with Gasteiger partial charge in [0.25, 0.3) is 0 Å². The lowest BCUT2D eigenvalue weighted by molar-refractivity contribution is 0.115. The molecule has 0 spiro atoms. The summed E-state index contributed by atoms with van der Waals surface area (Å²) in [6.45, 7) is 0. The Labute approximate surface area is 122 Å². The molecule has 7 atom stereocenters. The molecule has 0 aliphatic heterocycles. The molecule has 4 bridgehead atoms. The molecule has 0 saturated heterocycles. The smallest absolute Gasteiger partial charge is 0.150 e. The van der Waals surface area contributed by atoms with E-state index < -0.39 is 7.42 Å². The zero-order chi connectivity index (χ0) is 12.3. The molecule has 7 unspecified atom stereocenters. The quantitative estimate of drug-likeness (QED) is 0.520. The van der Waals surface area contributed by atoms with Crippen molar-refractivity contribution in [1.29, 1.82) is 0 Å². The SMILES string of the molecule is Cl[SiH](Cl)CC1C2CCC(C2)C1C1CC2CCC1C2. The van der Waals surface area contributed by atoms with Gasteiger partial charge >= 0.3 is 0 Å². The van der Waals surface area contributed by atoms with Gasteiger partial charge in [-0.15, -0.1) is 0 Å². The third kappa shape index (κ3) is 1.91. The Balaban J connectivity index is 1.54. The Hall–Kier alpha value is 0.797. The third-order valence-electron chi connectivity index (χ3n) is 6.90. The predicted octanol–water partition coefficient (Wildman–Crippen LogP) is 4.78. The van der Waals surface area contributed by atoms with Gasteiger partial charge in [0.15, 0.2) is 0 Å². The van der Waals surface area contributed by atoms with Gasteiger partial charge in [0.2, 0.25) is 7.42 Å². The van der Waals surface area contributed by atoms with Crippen LogP contribution >= 0.6 is 22.2 Å². The van der Waals surface area contributed by atoms with Crippen molar-refractivity contribution in [2.45, 2.75) is 51.0 Å². The van der Waals surface area contributed by atoms with Crippen LogP contribution in [-0.4, -0.2) is 7.42 Å². The van der Waals surface area contributed by atoms with Crippen LogP contribution in [0.15, 0.2) is 0 Å². The summed E-state index contributed by atoms with van der Waals surface area (Å²) in [4.78, 5) is 0. The largest absolute Gasteiger partial charge is 0.237 e. The van der Waals surface area contributed by atoms with E-state index >= 15 is 0 Å². The van der Waals surface area contributed by atoms with Gasteiger partial charge < -0.3 is 0 Å². The van der Waals surface area contributed by atoms with Crippen LogP contribution in [0.3, 0.4) is 0 Å². The highest BCUT2D eigenvalue weighted by Crippen LogP contribution is 2.63. The first-order valence-electron chi connectivity index (χ1n) is 8.00. The summed E-state index contributed by atoms with van der Waals surface area (Å²) in [6.07, 6.45) is 10.7. The molecule has 0 aromatic carbocycles. The van der Waals surface area contributed by atoms with Gasteiger partial charge in [-0.25, -0.2) is 0 Å². The molecule has 102 valence electrons. The fraction of sp³-hybridized carbons (Fsp3) is 1.00. The Morgan fingerprint density at radius 2 is 1.61 bits per heavy atom. The summed E-state index contributed by atoms with van der Waals surface area (Å²) in [5.74, 6) is 7.29. The van der Waals surface area contributed by atoms with Crippen LogP contribution in [0.5, 0.6) is 0 Å². The Morgan fingerprint density at radius 3 is 2.28 bits per heavy atom. The van der Waals surface area contributed by atoms with Crippen molar-refractivity contribution in [2.24, 2.45) is 41.4 Å². The zero-order valence-corrected chi connectivity index (χ0v) is 13.7. The molecule has 0 amide bonds. The van der Waals surface area contributed by atoms with E-state index in [4.69, 9.17) is 22.2 Å². The molecule has 4 aliphatic rings. The Morgan fingerprint density at radius 1 is 0.833 bits per heavy atom. The van der Waals surface area contributed by atoms with Crippen LogP contribution < -0.4 is 0 Å². The van der Waals surface area contributed by atoms with Crippen LogP contribution in [0.4, 0.5) is 0 Å². The summed E-state index contributed by atoms with van der Waals surface area (Å²) in [6, 6.07) is 1.21. The molecule has 0 N–H and O–H groups in total. The van der Waals surface area contributed by atoms with Crippen molar-refractivity contribution in [3.8, 4) is 0 Å². The molecule has 0 radical (unpaired) electrons. The lowest BCUT2D eigenvalue weighted by Crippen LogP contribution is -2.33. The Bertz CT molecular complexity index is 332. The zero-order valence-electron chi connectivity index (χ0n) is 11.0. The monoisotopic (exact) mass is 302 g/mol. The molecule has 0 nitrogen and oxygen atoms in total. The van der Waals surface area contributed by atoms with E-state index in [2.05, 4.69) is 0 Å². The average molecular weight is 303 g/mol. The van der Waals surface area contributed by atoms with Gasteiger partial charge in [-0.3, -0.25) is 0 Å². The van der Waals surface area contributed by atoms with E-state index in [-0.39, 0.29) is 0 Å². The van der Waals surface area contributed by atoms with Crippen LogP contribution in [0, 0.1) is 41.4 Å². The molecule has 0 aromatic heterocycles. The molecule has 3 heteroatoms. The standard InChI is InChI=1S/C15H24Cl2Si/c16-18(17)8-14-11-3-4-12(7-11)15(14)13-6-9-1-2-10(13)5-9/h9-15,18H,1-8H2. The summed E-state index contributed by atoms with van der Waals surface area (Å²) in [7, 11) is -1.41. The van der Waals surface area contributed by atoms with E-state index in [0.717, 1.165) is 41.4 Å². The first kappa shape index (κ1) is 12.5.